The van der Waals surface area contributed by atoms with Crippen LogP contribution in [-0.4, -0.2) is 36.4 Å². The highest BCUT2D eigenvalue weighted by Gasteiger charge is 2.20. The molecule has 1 unspecified atom stereocenters. The Morgan fingerprint density at radius 2 is 1.08 bits per heavy atom. The number of hydrogen-bond donors (Lipinski definition) is 2. The van der Waals surface area contributed by atoms with Gasteiger partial charge in [0, 0.05) is 21.2 Å². The lowest BCUT2D eigenvalue weighted by Gasteiger charge is -2.09. The molecular formula is C18H18Cl2O6. The van der Waals surface area contributed by atoms with E-state index in [2.05, 4.69) is 9.47 Å². The third-order valence-corrected chi connectivity index (χ3v) is 3.94. The number of ether oxygens (including phenoxy) is 2. The number of aliphatic hydroxyl groups is 2. The van der Waals surface area contributed by atoms with Gasteiger partial charge >= 0.3 is 11.9 Å². The Balaban J connectivity index is 0.000000260. The Morgan fingerprint density at radius 1 is 0.769 bits per heavy atom. The fourth-order valence-corrected chi connectivity index (χ4v) is 2.35. The first kappa shape index (κ1) is 21.9. The van der Waals surface area contributed by atoms with E-state index in [-0.39, 0.29) is 0 Å². The first-order valence-electron chi connectivity index (χ1n) is 7.34. The van der Waals surface area contributed by atoms with Gasteiger partial charge in [-0.05, 0) is 12.1 Å². The number of aliphatic hydroxyl groups excluding tert-OH is 2. The number of rotatable bonds is 4. The zero-order valence-electron chi connectivity index (χ0n) is 14.1. The SMILES string of the molecule is COC(=O)C(O)c1ccccc1Cl.COC(=O)[C@@H](O)c1ccccc1Cl. The van der Waals surface area contributed by atoms with E-state index in [1.54, 1.807) is 48.5 Å². The molecule has 2 rings (SSSR count). The van der Waals surface area contributed by atoms with Crippen LogP contribution in [0.2, 0.25) is 10.0 Å². The van der Waals surface area contributed by atoms with Crippen LogP contribution in [0.25, 0.3) is 0 Å². The molecule has 0 heterocycles. The third kappa shape index (κ3) is 6.00. The summed E-state index contributed by atoms with van der Waals surface area (Å²) in [5.74, 6) is -1.43. The monoisotopic (exact) mass is 400 g/mol. The lowest BCUT2D eigenvalue weighted by molar-refractivity contribution is -0.151. The van der Waals surface area contributed by atoms with Crippen LogP contribution in [0.3, 0.4) is 0 Å². The lowest BCUT2D eigenvalue weighted by Crippen LogP contribution is -2.13. The summed E-state index contributed by atoms with van der Waals surface area (Å²) in [6.07, 6.45) is -2.61. The van der Waals surface area contributed by atoms with E-state index in [9.17, 15) is 19.8 Å². The number of esters is 2. The lowest BCUT2D eigenvalue weighted by atomic mass is 10.1. The van der Waals surface area contributed by atoms with Crippen LogP contribution in [0, 0.1) is 0 Å². The van der Waals surface area contributed by atoms with E-state index in [1.807, 2.05) is 0 Å². The Morgan fingerprint density at radius 3 is 1.35 bits per heavy atom. The Labute approximate surface area is 160 Å². The minimum Gasteiger partial charge on any atom is -0.467 e. The van der Waals surface area contributed by atoms with Crippen LogP contribution >= 0.6 is 23.2 Å². The summed E-state index contributed by atoms with van der Waals surface area (Å²) in [5.41, 5.74) is 0.715. The van der Waals surface area contributed by atoms with Crippen molar-refractivity contribution in [2.45, 2.75) is 12.2 Å². The van der Waals surface area contributed by atoms with Gasteiger partial charge in [-0.2, -0.15) is 0 Å². The van der Waals surface area contributed by atoms with E-state index in [4.69, 9.17) is 23.2 Å². The third-order valence-electron chi connectivity index (χ3n) is 3.25. The quantitative estimate of drug-likeness (QED) is 0.765. The van der Waals surface area contributed by atoms with Crippen molar-refractivity contribution in [1.29, 1.82) is 0 Å². The number of benzene rings is 2. The number of carbonyl (C=O) groups excluding carboxylic acids is 2. The molecule has 2 atom stereocenters. The fraction of sp³-hybridized carbons (Fsp3) is 0.222. The molecule has 0 aliphatic carbocycles. The largest absolute Gasteiger partial charge is 0.467 e. The summed E-state index contributed by atoms with van der Waals surface area (Å²) in [7, 11) is 2.42. The van der Waals surface area contributed by atoms with Crippen molar-refractivity contribution >= 4 is 35.1 Å². The summed E-state index contributed by atoms with van der Waals surface area (Å²) < 4.78 is 8.75. The number of carbonyl (C=O) groups is 2. The van der Waals surface area contributed by atoms with Gasteiger partial charge in [-0.1, -0.05) is 59.6 Å². The molecule has 0 amide bonds. The van der Waals surface area contributed by atoms with Gasteiger partial charge in [-0.25, -0.2) is 9.59 Å². The van der Waals surface area contributed by atoms with Gasteiger partial charge in [-0.3, -0.25) is 0 Å². The van der Waals surface area contributed by atoms with E-state index >= 15 is 0 Å². The molecule has 8 heteroatoms. The molecule has 0 saturated heterocycles. The smallest absolute Gasteiger partial charge is 0.339 e. The summed E-state index contributed by atoms with van der Waals surface area (Å²) in [5, 5.41) is 19.5. The highest BCUT2D eigenvalue weighted by molar-refractivity contribution is 6.31. The van der Waals surface area contributed by atoms with E-state index in [0.29, 0.717) is 21.2 Å². The van der Waals surface area contributed by atoms with Crippen LogP contribution < -0.4 is 0 Å². The molecule has 2 aromatic carbocycles. The molecule has 26 heavy (non-hydrogen) atoms. The van der Waals surface area contributed by atoms with Gasteiger partial charge in [-0.15, -0.1) is 0 Å². The molecular weight excluding hydrogens is 383 g/mol. The summed E-state index contributed by atoms with van der Waals surface area (Å²) in [4.78, 5) is 21.9. The van der Waals surface area contributed by atoms with E-state index in [1.165, 1.54) is 14.2 Å². The van der Waals surface area contributed by atoms with E-state index in [0.717, 1.165) is 0 Å². The maximum Gasteiger partial charge on any atom is 0.339 e. The Hall–Kier alpha value is -2.12. The van der Waals surface area contributed by atoms with Crippen molar-refractivity contribution in [3.05, 3.63) is 69.7 Å². The molecule has 0 fully saturated rings. The number of hydrogen-bond acceptors (Lipinski definition) is 6. The molecule has 0 saturated carbocycles. The van der Waals surface area contributed by atoms with Crippen LogP contribution in [0.1, 0.15) is 23.3 Å². The molecule has 0 aliphatic rings. The Bertz CT molecular complexity index is 686. The average molecular weight is 401 g/mol. The predicted octanol–water partition coefficient (Wildman–Crippen LogP) is 3.09. The van der Waals surface area contributed by atoms with Gasteiger partial charge in [0.2, 0.25) is 0 Å². The van der Waals surface area contributed by atoms with Crippen LogP contribution in [-0.2, 0) is 19.1 Å². The topological polar surface area (TPSA) is 93.1 Å². The highest BCUT2D eigenvalue weighted by Crippen LogP contribution is 2.23. The van der Waals surface area contributed by atoms with Crippen LogP contribution in [0.4, 0.5) is 0 Å². The summed E-state index contributed by atoms with van der Waals surface area (Å²) >= 11 is 11.5. The normalized spacial score (nSPS) is 12.2. The molecule has 140 valence electrons. The molecule has 2 aromatic rings. The maximum absolute atomic E-state index is 10.9. The minimum absolute atomic E-state index is 0.348. The fourth-order valence-electron chi connectivity index (χ4n) is 1.87. The highest BCUT2D eigenvalue weighted by atomic mass is 35.5. The van der Waals surface area contributed by atoms with E-state index < -0.39 is 24.1 Å². The van der Waals surface area contributed by atoms with Crippen molar-refractivity contribution in [2.75, 3.05) is 14.2 Å². The van der Waals surface area contributed by atoms with Crippen molar-refractivity contribution in [1.82, 2.24) is 0 Å². The first-order valence-corrected chi connectivity index (χ1v) is 8.09. The molecule has 0 spiro atoms. The van der Waals surface area contributed by atoms with Crippen molar-refractivity contribution < 1.29 is 29.3 Å². The van der Waals surface area contributed by atoms with Crippen molar-refractivity contribution in [3.8, 4) is 0 Å². The Kier molecular flexibility index (Phi) is 9.09. The molecule has 0 aromatic heterocycles. The van der Waals surface area contributed by atoms with Gasteiger partial charge in [0.1, 0.15) is 0 Å². The minimum atomic E-state index is -1.31. The molecule has 2 N–H and O–H groups in total. The molecule has 0 bridgehead atoms. The maximum atomic E-state index is 10.9. The second-order valence-corrected chi connectivity index (χ2v) is 5.71. The summed E-state index contributed by atoms with van der Waals surface area (Å²) in [6.45, 7) is 0. The number of methoxy groups -OCH3 is 2. The standard InChI is InChI=1S/2C9H9ClO3/c2*1-13-9(12)8(11)6-4-2-3-5-7(6)10/h2*2-5,8,11H,1H3/t8-;/m0./s1. The van der Waals surface area contributed by atoms with Gasteiger partial charge in [0.05, 0.1) is 14.2 Å². The molecule has 6 nitrogen and oxygen atoms in total. The van der Waals surface area contributed by atoms with Gasteiger partial charge in [0.25, 0.3) is 0 Å². The van der Waals surface area contributed by atoms with Gasteiger partial charge < -0.3 is 19.7 Å². The number of halogens is 2. The average Bonchev–Trinajstić information content (AvgIpc) is 2.67. The molecule has 0 aliphatic heterocycles. The summed E-state index contributed by atoms with van der Waals surface area (Å²) in [6, 6.07) is 13.2. The zero-order valence-corrected chi connectivity index (χ0v) is 15.6. The second-order valence-electron chi connectivity index (χ2n) is 4.89. The van der Waals surface area contributed by atoms with Gasteiger partial charge in [0.15, 0.2) is 12.2 Å². The van der Waals surface area contributed by atoms with Crippen molar-refractivity contribution in [3.63, 3.8) is 0 Å². The first-order chi connectivity index (χ1) is 12.3. The zero-order chi connectivity index (χ0) is 19.7. The van der Waals surface area contributed by atoms with Crippen LogP contribution in [0.15, 0.2) is 48.5 Å². The predicted molar refractivity (Wildman–Crippen MR) is 96.9 cm³/mol. The second kappa shape index (κ2) is 10.8. The van der Waals surface area contributed by atoms with Crippen LogP contribution in [0.5, 0.6) is 0 Å². The molecule has 0 radical (unpaired) electrons. The van der Waals surface area contributed by atoms with Crippen molar-refractivity contribution in [2.24, 2.45) is 0 Å².